The molecule has 5 aliphatic heterocycles. The summed E-state index contributed by atoms with van der Waals surface area (Å²) in [7, 11) is 1.50. The van der Waals surface area contributed by atoms with Crippen LogP contribution in [-0.4, -0.2) is 101 Å². The van der Waals surface area contributed by atoms with Crippen molar-refractivity contribution in [3.8, 4) is 0 Å². The van der Waals surface area contributed by atoms with Gasteiger partial charge in [-0.15, -0.1) is 0 Å². The van der Waals surface area contributed by atoms with Gasteiger partial charge in [-0.05, 0) is 57.3 Å². The number of aliphatic hydroxyl groups is 3. The van der Waals surface area contributed by atoms with Crippen LogP contribution < -0.4 is 64.2 Å². The van der Waals surface area contributed by atoms with Crippen molar-refractivity contribution in [2.24, 2.45) is 35.5 Å². The molecule has 272 valence electrons. The summed E-state index contributed by atoms with van der Waals surface area (Å²) >= 11 is 0. The van der Waals surface area contributed by atoms with E-state index in [1.807, 2.05) is 20.8 Å². The molecule has 5 fully saturated rings. The molecule has 3 N–H and O–H groups in total. The zero-order valence-electron chi connectivity index (χ0n) is 32.0. The maximum atomic E-state index is 11.7. The van der Waals surface area contributed by atoms with Crippen LogP contribution in [0.15, 0.2) is 0 Å². The summed E-state index contributed by atoms with van der Waals surface area (Å²) in [5, 5.41) is 43.9. The first kappa shape index (κ1) is 44.5. The molecule has 0 aromatic heterocycles. The van der Waals surface area contributed by atoms with Gasteiger partial charge >= 0.3 is 59.1 Å². The van der Waals surface area contributed by atoms with Gasteiger partial charge in [0.05, 0.1) is 60.5 Å². The molecule has 5 heterocycles. The van der Waals surface area contributed by atoms with Crippen molar-refractivity contribution in [1.29, 1.82) is 0 Å². The standard InChI is InChI=1S/C36H62O11.2Na/c1-10-34(31-20(3)16-26(43-31)28-19(2)15-21(4)36(41,18-37)46-28)12-11-27(44-34)33(8)13-14-35(47-33)17-25(38)22(5)30(45-35)23(6)29(42-9)24(7)32(39)40;;/h19-31,37-38,41H,10-18H2,1-9H3,(H,39,40);;/q;2*+1/p-1/t19-,20-,21+,22+,23-,24?,25-,26+,27+,28-,29+,30-,31+,33-,34-,35+,36-;;/m0../s1. The Morgan fingerprint density at radius 2 is 1.69 bits per heavy atom. The monoisotopic (exact) mass is 715 g/mol. The number of carboxylic acid groups (broad SMARTS) is 1. The molecule has 5 aliphatic rings. The van der Waals surface area contributed by atoms with Gasteiger partial charge in [0.15, 0.2) is 11.6 Å². The summed E-state index contributed by atoms with van der Waals surface area (Å²) in [6.45, 7) is 15.4. The Hall–Kier alpha value is 1.11. The predicted molar refractivity (Wildman–Crippen MR) is 170 cm³/mol. The Balaban J connectivity index is 0.00000325. The van der Waals surface area contributed by atoms with Crippen LogP contribution in [-0.2, 0) is 33.2 Å². The summed E-state index contributed by atoms with van der Waals surface area (Å²) in [6, 6.07) is 0. The van der Waals surface area contributed by atoms with Gasteiger partial charge in [0.1, 0.15) is 0 Å². The number of rotatable bonds is 10. The Morgan fingerprint density at radius 1 is 1.02 bits per heavy atom. The van der Waals surface area contributed by atoms with E-state index < -0.39 is 59.6 Å². The van der Waals surface area contributed by atoms with Crippen molar-refractivity contribution in [2.75, 3.05) is 13.7 Å². The molecule has 0 radical (unpaired) electrons. The molecule has 0 aliphatic carbocycles. The number of hydrogen-bond donors (Lipinski definition) is 3. The molecule has 0 amide bonds. The van der Waals surface area contributed by atoms with Crippen LogP contribution in [0.2, 0.25) is 0 Å². The van der Waals surface area contributed by atoms with Gasteiger partial charge in [0, 0.05) is 49.6 Å². The number of methoxy groups -OCH3 is 1. The molecular weight excluding hydrogens is 654 g/mol. The quantitative estimate of drug-likeness (QED) is 0.198. The summed E-state index contributed by atoms with van der Waals surface area (Å²) in [6.07, 6.45) is 2.81. The molecule has 11 nitrogen and oxygen atoms in total. The van der Waals surface area contributed by atoms with Crippen molar-refractivity contribution in [2.45, 2.75) is 172 Å². The van der Waals surface area contributed by atoms with E-state index in [1.54, 1.807) is 6.92 Å². The van der Waals surface area contributed by atoms with Crippen molar-refractivity contribution in [1.82, 2.24) is 0 Å². The number of carbonyl (C=O) groups is 1. The molecule has 5 saturated heterocycles. The third kappa shape index (κ3) is 8.37. The first-order valence-electron chi connectivity index (χ1n) is 18.1. The average molecular weight is 716 g/mol. The molecule has 0 aromatic rings. The fraction of sp³-hybridized carbons (Fsp3) is 0.972. The van der Waals surface area contributed by atoms with Gasteiger partial charge in [-0.2, -0.15) is 0 Å². The summed E-state index contributed by atoms with van der Waals surface area (Å²) in [5.41, 5.74) is -1.16. The molecule has 13 heteroatoms. The van der Waals surface area contributed by atoms with Gasteiger partial charge in [-0.25, -0.2) is 0 Å². The van der Waals surface area contributed by atoms with E-state index in [0.29, 0.717) is 19.3 Å². The zero-order chi connectivity index (χ0) is 34.7. The van der Waals surface area contributed by atoms with Crippen molar-refractivity contribution >= 4 is 5.97 Å². The van der Waals surface area contributed by atoms with E-state index >= 15 is 0 Å². The maximum Gasteiger partial charge on any atom is 1.00 e. The molecule has 5 rings (SSSR count). The Kier molecular flexibility index (Phi) is 15.3. The van der Waals surface area contributed by atoms with Gasteiger partial charge in [-0.3, -0.25) is 0 Å². The summed E-state index contributed by atoms with van der Waals surface area (Å²) in [4.78, 5) is 11.7. The third-order valence-corrected chi connectivity index (χ3v) is 13.0. The van der Waals surface area contributed by atoms with Gasteiger partial charge in [-0.1, -0.05) is 48.5 Å². The third-order valence-electron chi connectivity index (χ3n) is 13.0. The van der Waals surface area contributed by atoms with Crippen LogP contribution in [0.4, 0.5) is 0 Å². The van der Waals surface area contributed by atoms with E-state index in [-0.39, 0.29) is 113 Å². The SMILES string of the molecule is CC[C@@]1([C@@H]2O[C@@H]([C@H]3O[C@@](O)(CO)[C@H](C)C[C@@H]3C)C[C@@H]2C)CC[C@H]([C@]2(C)CC[C@]3(C[C@H](O)[C@@H](C)[C@@H]([C@@H](C)[C@@H](OC)C(C)C(=O)[O-])O3)O2)O1.[Na+].[Na+]. The molecule has 1 unspecified atom stereocenters. The maximum absolute atomic E-state index is 11.7. The zero-order valence-corrected chi connectivity index (χ0v) is 36.0. The number of ether oxygens (including phenoxy) is 6. The van der Waals surface area contributed by atoms with Crippen LogP contribution in [0.5, 0.6) is 0 Å². The number of aliphatic hydroxyl groups excluding tert-OH is 2. The fourth-order valence-corrected chi connectivity index (χ4v) is 9.91. The molecule has 1 spiro atoms. The predicted octanol–water partition coefficient (Wildman–Crippen LogP) is -3.05. The van der Waals surface area contributed by atoms with Crippen molar-refractivity contribution < 1.29 is 113 Å². The molecule has 17 atom stereocenters. The topological polar surface area (TPSA) is 156 Å². The second-order valence-electron chi connectivity index (χ2n) is 16.3. The van der Waals surface area contributed by atoms with E-state index in [4.69, 9.17) is 28.4 Å². The summed E-state index contributed by atoms with van der Waals surface area (Å²) in [5.74, 6) is -4.97. The first-order chi connectivity index (χ1) is 22.0. The number of aliphatic carboxylic acids is 1. The molecule has 0 aromatic carbocycles. The van der Waals surface area contributed by atoms with Crippen LogP contribution in [0, 0.1) is 35.5 Å². The van der Waals surface area contributed by atoms with Crippen molar-refractivity contribution in [3.05, 3.63) is 0 Å². The number of carboxylic acids is 1. The smallest absolute Gasteiger partial charge is 0.550 e. The number of carbonyl (C=O) groups excluding carboxylic acids is 1. The fourth-order valence-electron chi connectivity index (χ4n) is 9.91. The van der Waals surface area contributed by atoms with Gasteiger partial charge in [0.2, 0.25) is 0 Å². The Labute approximate surface area is 337 Å². The minimum Gasteiger partial charge on any atom is -0.550 e. The van der Waals surface area contributed by atoms with E-state index in [1.165, 1.54) is 7.11 Å². The minimum atomic E-state index is -1.57. The van der Waals surface area contributed by atoms with E-state index in [0.717, 1.165) is 32.1 Å². The summed E-state index contributed by atoms with van der Waals surface area (Å²) < 4.78 is 39.3. The van der Waals surface area contributed by atoms with Crippen molar-refractivity contribution in [3.63, 3.8) is 0 Å². The molecule has 0 bridgehead atoms. The van der Waals surface area contributed by atoms with E-state index in [9.17, 15) is 25.2 Å². The largest absolute Gasteiger partial charge is 1.00 e. The van der Waals surface area contributed by atoms with Gasteiger partial charge < -0.3 is 53.6 Å². The number of hydrogen-bond acceptors (Lipinski definition) is 11. The average Bonchev–Trinajstić information content (AvgIpc) is 3.73. The van der Waals surface area contributed by atoms with E-state index in [2.05, 4.69) is 27.7 Å². The van der Waals surface area contributed by atoms with Crippen LogP contribution >= 0.6 is 0 Å². The molecule has 0 saturated carbocycles. The second-order valence-corrected chi connectivity index (χ2v) is 16.3. The molecular formula is C36H61Na2O11+. The van der Waals surface area contributed by atoms with Crippen LogP contribution in [0.25, 0.3) is 0 Å². The van der Waals surface area contributed by atoms with Gasteiger partial charge in [0.25, 0.3) is 0 Å². The minimum absolute atomic E-state index is 0. The van der Waals surface area contributed by atoms with Crippen LogP contribution in [0.1, 0.15) is 107 Å². The normalized spacial score (nSPS) is 48.8. The Bertz CT molecular complexity index is 1120. The Morgan fingerprint density at radius 3 is 2.29 bits per heavy atom. The second kappa shape index (κ2) is 16.9. The first-order valence-corrected chi connectivity index (χ1v) is 18.1. The van der Waals surface area contributed by atoms with Crippen LogP contribution in [0.3, 0.4) is 0 Å². The molecule has 49 heavy (non-hydrogen) atoms.